The Bertz CT molecular complexity index is 1020. The standard InChI is InChI=1S/C21H19FN2O4S2/c1-3-28-17-10-13(4-9-16(17)25)11-18-20(27)24(21(29)30-18)12(2)19(26)23-15-7-5-14(22)6-8-15/h4-12,25H,3H2,1-2H3,(H,23,26)/b18-11-. The van der Waals surface area contributed by atoms with E-state index < -0.39 is 23.7 Å². The number of phenolic OH excluding ortho intramolecular Hbond substituents is 1. The smallest absolute Gasteiger partial charge is 0.266 e. The largest absolute Gasteiger partial charge is 0.504 e. The summed E-state index contributed by atoms with van der Waals surface area (Å²) in [6.07, 6.45) is 1.63. The van der Waals surface area contributed by atoms with Gasteiger partial charge in [0.1, 0.15) is 16.2 Å². The molecule has 0 aromatic heterocycles. The number of nitrogens with one attached hydrogen (secondary N) is 1. The van der Waals surface area contributed by atoms with Crippen molar-refractivity contribution in [1.82, 2.24) is 4.90 Å². The quantitative estimate of drug-likeness (QED) is 0.513. The number of ether oxygens (including phenoxy) is 1. The zero-order valence-electron chi connectivity index (χ0n) is 16.2. The lowest BCUT2D eigenvalue weighted by Crippen LogP contribution is -2.44. The average molecular weight is 447 g/mol. The van der Waals surface area contributed by atoms with Crippen molar-refractivity contribution in [2.45, 2.75) is 19.9 Å². The first-order valence-electron chi connectivity index (χ1n) is 9.09. The maximum atomic E-state index is 13.0. The SMILES string of the molecule is CCOc1cc(/C=C2\SC(=S)N(C(C)C(=O)Nc3ccc(F)cc3)C2=O)ccc1O. The number of nitrogens with zero attached hydrogens (tertiary/aromatic N) is 1. The molecule has 2 aromatic carbocycles. The molecule has 1 atom stereocenters. The van der Waals surface area contributed by atoms with Crippen molar-refractivity contribution in [3.63, 3.8) is 0 Å². The van der Waals surface area contributed by atoms with E-state index in [9.17, 15) is 19.1 Å². The van der Waals surface area contributed by atoms with Gasteiger partial charge in [0, 0.05) is 5.69 Å². The van der Waals surface area contributed by atoms with Crippen LogP contribution in [-0.4, -0.2) is 38.8 Å². The Hall–Kier alpha value is -2.91. The number of hydrogen-bond acceptors (Lipinski definition) is 6. The Morgan fingerprint density at radius 1 is 1.33 bits per heavy atom. The number of benzene rings is 2. The lowest BCUT2D eigenvalue weighted by atomic mass is 10.1. The van der Waals surface area contributed by atoms with E-state index >= 15 is 0 Å². The molecule has 3 rings (SSSR count). The summed E-state index contributed by atoms with van der Waals surface area (Å²) in [4.78, 5) is 27.0. The maximum absolute atomic E-state index is 13.0. The molecule has 1 saturated heterocycles. The molecule has 6 nitrogen and oxygen atoms in total. The van der Waals surface area contributed by atoms with Crippen LogP contribution < -0.4 is 10.1 Å². The Kier molecular flexibility index (Phi) is 6.73. The van der Waals surface area contributed by atoms with Crippen molar-refractivity contribution in [3.8, 4) is 11.5 Å². The van der Waals surface area contributed by atoms with Gasteiger partial charge in [0.2, 0.25) is 5.91 Å². The van der Waals surface area contributed by atoms with Gasteiger partial charge in [-0.3, -0.25) is 14.5 Å². The van der Waals surface area contributed by atoms with Crippen molar-refractivity contribution in [2.75, 3.05) is 11.9 Å². The molecule has 2 aromatic rings. The summed E-state index contributed by atoms with van der Waals surface area (Å²) in [6, 6.07) is 9.23. The van der Waals surface area contributed by atoms with Gasteiger partial charge in [0.05, 0.1) is 11.5 Å². The van der Waals surface area contributed by atoms with Crippen molar-refractivity contribution in [1.29, 1.82) is 0 Å². The molecule has 1 fully saturated rings. The number of phenols is 1. The molecule has 1 unspecified atom stereocenters. The second-order valence-electron chi connectivity index (χ2n) is 6.38. The Labute approximate surface area is 182 Å². The topological polar surface area (TPSA) is 78.9 Å². The number of carbonyl (C=O) groups is 2. The molecule has 1 heterocycles. The van der Waals surface area contributed by atoms with Crippen LogP contribution in [0.1, 0.15) is 19.4 Å². The van der Waals surface area contributed by atoms with Crippen molar-refractivity contribution in [3.05, 3.63) is 58.8 Å². The molecular formula is C21H19FN2O4S2. The minimum absolute atomic E-state index is 0.00707. The van der Waals surface area contributed by atoms with Gasteiger partial charge in [-0.2, -0.15) is 0 Å². The average Bonchev–Trinajstić information content (AvgIpc) is 2.99. The molecule has 9 heteroatoms. The highest BCUT2D eigenvalue weighted by molar-refractivity contribution is 8.26. The monoisotopic (exact) mass is 446 g/mol. The van der Waals surface area contributed by atoms with E-state index in [1.54, 1.807) is 32.1 Å². The first-order valence-corrected chi connectivity index (χ1v) is 10.3. The number of halogens is 1. The third kappa shape index (κ3) is 4.80. The van der Waals surface area contributed by atoms with E-state index in [1.807, 2.05) is 0 Å². The molecule has 0 spiro atoms. The van der Waals surface area contributed by atoms with Gasteiger partial charge in [-0.15, -0.1) is 0 Å². The summed E-state index contributed by atoms with van der Waals surface area (Å²) < 4.78 is 18.7. The van der Waals surface area contributed by atoms with Gasteiger partial charge in [-0.1, -0.05) is 30.0 Å². The van der Waals surface area contributed by atoms with E-state index in [1.165, 1.54) is 35.2 Å². The van der Waals surface area contributed by atoms with Crippen molar-refractivity contribution >= 4 is 51.9 Å². The van der Waals surface area contributed by atoms with Crippen LogP contribution in [0.5, 0.6) is 11.5 Å². The minimum atomic E-state index is -0.854. The number of thioether (sulfide) groups is 1. The predicted octanol–water partition coefficient (Wildman–Crippen LogP) is 4.16. The molecule has 156 valence electrons. The highest BCUT2D eigenvalue weighted by atomic mass is 32.2. The molecule has 1 aliphatic heterocycles. The van der Waals surface area contributed by atoms with Crippen molar-refractivity contribution in [2.24, 2.45) is 0 Å². The zero-order chi connectivity index (χ0) is 21.8. The van der Waals surface area contributed by atoms with Crippen LogP contribution in [0.2, 0.25) is 0 Å². The summed E-state index contributed by atoms with van der Waals surface area (Å²) >= 11 is 6.40. The van der Waals surface area contributed by atoms with Crippen molar-refractivity contribution < 1.29 is 23.8 Å². The maximum Gasteiger partial charge on any atom is 0.266 e. The summed E-state index contributed by atoms with van der Waals surface area (Å²) in [5, 5.41) is 12.5. The van der Waals surface area contributed by atoms with Gasteiger partial charge < -0.3 is 15.2 Å². The normalized spacial score (nSPS) is 16.1. The molecule has 0 bridgehead atoms. The number of carbonyl (C=O) groups excluding carboxylic acids is 2. The molecule has 30 heavy (non-hydrogen) atoms. The number of anilines is 1. The van der Waals surface area contributed by atoms with Gasteiger partial charge in [-0.05, 0) is 61.9 Å². The van der Waals surface area contributed by atoms with Crippen LogP contribution in [0.4, 0.5) is 10.1 Å². The van der Waals surface area contributed by atoms with E-state index in [4.69, 9.17) is 17.0 Å². The van der Waals surface area contributed by atoms with Gasteiger partial charge in [0.25, 0.3) is 5.91 Å². The first-order chi connectivity index (χ1) is 14.3. The number of hydrogen-bond donors (Lipinski definition) is 2. The fraction of sp³-hybridized carbons (Fsp3) is 0.190. The number of amides is 2. The van der Waals surface area contributed by atoms with E-state index in [0.29, 0.717) is 28.5 Å². The van der Waals surface area contributed by atoms with Crippen LogP contribution >= 0.6 is 24.0 Å². The van der Waals surface area contributed by atoms with Gasteiger partial charge in [0.15, 0.2) is 11.5 Å². The summed E-state index contributed by atoms with van der Waals surface area (Å²) in [7, 11) is 0. The summed E-state index contributed by atoms with van der Waals surface area (Å²) in [6.45, 7) is 3.76. The highest BCUT2D eigenvalue weighted by Crippen LogP contribution is 2.35. The number of thiocarbonyl (C=S) groups is 1. The Balaban J connectivity index is 1.76. The Morgan fingerprint density at radius 3 is 2.70 bits per heavy atom. The molecular weight excluding hydrogens is 427 g/mol. The zero-order valence-corrected chi connectivity index (χ0v) is 17.8. The van der Waals surface area contributed by atoms with Crippen LogP contribution in [0, 0.1) is 5.82 Å². The van der Waals surface area contributed by atoms with E-state index in [2.05, 4.69) is 5.32 Å². The minimum Gasteiger partial charge on any atom is -0.504 e. The molecule has 0 saturated carbocycles. The summed E-state index contributed by atoms with van der Waals surface area (Å²) in [5.41, 5.74) is 1.07. The number of aromatic hydroxyl groups is 1. The van der Waals surface area contributed by atoms with Crippen LogP contribution in [0.15, 0.2) is 47.4 Å². The third-order valence-electron chi connectivity index (χ3n) is 4.28. The third-order valence-corrected chi connectivity index (χ3v) is 5.61. The van der Waals surface area contributed by atoms with E-state index in [0.717, 1.165) is 11.8 Å². The fourth-order valence-electron chi connectivity index (χ4n) is 2.75. The molecule has 2 amide bonds. The van der Waals surface area contributed by atoms with Gasteiger partial charge >= 0.3 is 0 Å². The molecule has 2 N–H and O–H groups in total. The molecule has 0 radical (unpaired) electrons. The molecule has 1 aliphatic rings. The second kappa shape index (κ2) is 9.27. The summed E-state index contributed by atoms with van der Waals surface area (Å²) in [5.74, 6) is -0.925. The van der Waals surface area contributed by atoms with E-state index in [-0.39, 0.29) is 10.1 Å². The predicted molar refractivity (Wildman–Crippen MR) is 119 cm³/mol. The lowest BCUT2D eigenvalue weighted by Gasteiger charge is -2.22. The second-order valence-corrected chi connectivity index (χ2v) is 8.06. The van der Waals surface area contributed by atoms with Crippen LogP contribution in [-0.2, 0) is 9.59 Å². The molecule has 0 aliphatic carbocycles. The van der Waals surface area contributed by atoms with Crippen LogP contribution in [0.25, 0.3) is 6.08 Å². The first kappa shape index (κ1) is 21.8. The van der Waals surface area contributed by atoms with Gasteiger partial charge in [-0.25, -0.2) is 4.39 Å². The number of rotatable bonds is 6. The Morgan fingerprint density at radius 2 is 2.03 bits per heavy atom. The lowest BCUT2D eigenvalue weighted by molar-refractivity contribution is -0.129. The fourth-order valence-corrected chi connectivity index (χ4v) is 4.17. The van der Waals surface area contributed by atoms with Crippen LogP contribution in [0.3, 0.4) is 0 Å². The highest BCUT2D eigenvalue weighted by Gasteiger charge is 2.38.